The second-order valence-corrected chi connectivity index (χ2v) is 6.82. The molecule has 1 aromatic carbocycles. The van der Waals surface area contributed by atoms with Crippen LogP contribution in [0.1, 0.15) is 41.6 Å². The lowest BCUT2D eigenvalue weighted by Crippen LogP contribution is -2.45. The van der Waals surface area contributed by atoms with Crippen LogP contribution in [0.25, 0.3) is 0 Å². The zero-order valence-corrected chi connectivity index (χ0v) is 14.1. The third-order valence-corrected chi connectivity index (χ3v) is 5.18. The number of amides is 1. The van der Waals surface area contributed by atoms with Crippen molar-refractivity contribution in [1.82, 2.24) is 10.2 Å². The van der Waals surface area contributed by atoms with E-state index in [-0.39, 0.29) is 11.5 Å². The molecule has 0 aromatic heterocycles. The molecule has 2 unspecified atom stereocenters. The Morgan fingerprint density at radius 3 is 2.36 bits per heavy atom. The highest BCUT2D eigenvalue weighted by Crippen LogP contribution is 2.30. The number of nitrogens with one attached hydrogen (secondary N) is 1. The highest BCUT2D eigenvalue weighted by Gasteiger charge is 2.31. The first-order chi connectivity index (χ1) is 11.9. The highest BCUT2D eigenvalue weighted by atomic mass is 19.4. The fraction of sp³-hybridized carbons (Fsp3) is 0.526. The van der Waals surface area contributed by atoms with Crippen molar-refractivity contribution in [3.63, 3.8) is 0 Å². The Morgan fingerprint density at radius 1 is 1.08 bits per heavy atom. The summed E-state index contributed by atoms with van der Waals surface area (Å²) in [5.74, 6) is 0.0876. The maximum atomic E-state index is 12.6. The normalized spacial score (nSPS) is 24.4. The maximum absolute atomic E-state index is 12.6. The molecule has 1 fully saturated rings. The van der Waals surface area contributed by atoms with Gasteiger partial charge in [0.1, 0.15) is 0 Å². The summed E-state index contributed by atoms with van der Waals surface area (Å²) in [5, 5.41) is 2.91. The lowest BCUT2D eigenvalue weighted by molar-refractivity contribution is -0.137. The summed E-state index contributed by atoms with van der Waals surface area (Å²) in [6.45, 7) is 2.50. The topological polar surface area (TPSA) is 32.3 Å². The molecule has 1 saturated carbocycles. The van der Waals surface area contributed by atoms with Crippen LogP contribution < -0.4 is 5.32 Å². The van der Waals surface area contributed by atoms with E-state index in [1.54, 1.807) is 0 Å². The zero-order chi connectivity index (χ0) is 17.9. The molecule has 1 heterocycles. The van der Waals surface area contributed by atoms with Crippen molar-refractivity contribution >= 4 is 5.91 Å². The van der Waals surface area contributed by atoms with Gasteiger partial charge in [-0.2, -0.15) is 13.2 Å². The first kappa shape index (κ1) is 18.0. The minimum absolute atomic E-state index is 0.267. The molecule has 0 bridgehead atoms. The summed E-state index contributed by atoms with van der Waals surface area (Å²) < 4.78 is 37.8. The molecule has 2 aliphatic rings. The minimum Gasteiger partial charge on any atom is -0.352 e. The van der Waals surface area contributed by atoms with Gasteiger partial charge >= 0.3 is 6.18 Å². The van der Waals surface area contributed by atoms with Crippen molar-refractivity contribution in [3.8, 4) is 0 Å². The number of hydrogen-bond donors (Lipinski definition) is 1. The minimum atomic E-state index is -4.38. The van der Waals surface area contributed by atoms with Crippen LogP contribution in [0.4, 0.5) is 13.2 Å². The van der Waals surface area contributed by atoms with Crippen LogP contribution in [-0.4, -0.2) is 36.5 Å². The lowest BCUT2D eigenvalue weighted by Gasteiger charge is -2.38. The van der Waals surface area contributed by atoms with E-state index in [0.29, 0.717) is 18.5 Å². The molecule has 1 N–H and O–H groups in total. The van der Waals surface area contributed by atoms with Crippen LogP contribution in [0.15, 0.2) is 36.4 Å². The fourth-order valence-electron chi connectivity index (χ4n) is 3.81. The van der Waals surface area contributed by atoms with Gasteiger partial charge in [0.05, 0.1) is 5.56 Å². The Balaban J connectivity index is 1.57. The molecule has 1 aliphatic heterocycles. The van der Waals surface area contributed by atoms with E-state index in [1.807, 2.05) is 0 Å². The predicted octanol–water partition coefficient (Wildman–Crippen LogP) is 3.87. The third kappa shape index (κ3) is 4.42. The summed E-state index contributed by atoms with van der Waals surface area (Å²) in [7, 11) is 0. The van der Waals surface area contributed by atoms with Crippen LogP contribution in [0.5, 0.6) is 0 Å². The molecular formula is C19H23F3N2O. The lowest BCUT2D eigenvalue weighted by atomic mass is 9.83. The molecule has 6 heteroatoms. The summed E-state index contributed by atoms with van der Waals surface area (Å²) in [5.41, 5.74) is -0.471. The van der Waals surface area contributed by atoms with E-state index >= 15 is 0 Å². The number of rotatable bonds is 4. The Hall–Kier alpha value is -1.82. The van der Waals surface area contributed by atoms with Crippen molar-refractivity contribution in [2.24, 2.45) is 5.92 Å². The number of carbonyl (C=O) groups is 1. The first-order valence-corrected chi connectivity index (χ1v) is 8.79. The van der Waals surface area contributed by atoms with Gasteiger partial charge in [0.15, 0.2) is 0 Å². The second-order valence-electron chi connectivity index (χ2n) is 6.82. The van der Waals surface area contributed by atoms with E-state index < -0.39 is 11.7 Å². The van der Waals surface area contributed by atoms with Crippen molar-refractivity contribution in [2.75, 3.05) is 19.6 Å². The van der Waals surface area contributed by atoms with Crippen LogP contribution in [-0.2, 0) is 6.18 Å². The number of nitrogens with zero attached hydrogens (tertiary/aromatic N) is 1. The summed E-state index contributed by atoms with van der Waals surface area (Å²) >= 11 is 0. The largest absolute Gasteiger partial charge is 0.416 e. The van der Waals surface area contributed by atoms with Crippen LogP contribution in [0.3, 0.4) is 0 Å². The summed E-state index contributed by atoms with van der Waals surface area (Å²) in [6, 6.07) is 4.85. The molecule has 2 atom stereocenters. The molecule has 3 rings (SSSR count). The zero-order valence-electron chi connectivity index (χ0n) is 14.1. The van der Waals surface area contributed by atoms with Gasteiger partial charge in [-0.25, -0.2) is 0 Å². The fourth-order valence-corrected chi connectivity index (χ4v) is 3.81. The summed E-state index contributed by atoms with van der Waals surface area (Å²) in [6.07, 6.45) is 4.56. The average molecular weight is 352 g/mol. The van der Waals surface area contributed by atoms with Crippen molar-refractivity contribution in [1.29, 1.82) is 0 Å². The molecule has 1 aliphatic carbocycles. The Kier molecular flexibility index (Phi) is 5.47. The number of alkyl halides is 3. The van der Waals surface area contributed by atoms with E-state index in [9.17, 15) is 18.0 Å². The molecule has 1 aromatic rings. The van der Waals surface area contributed by atoms with Gasteiger partial charge in [0, 0.05) is 31.2 Å². The second kappa shape index (κ2) is 7.60. The van der Waals surface area contributed by atoms with Gasteiger partial charge in [-0.05, 0) is 43.0 Å². The van der Waals surface area contributed by atoms with Crippen LogP contribution in [0.2, 0.25) is 0 Å². The van der Waals surface area contributed by atoms with Crippen molar-refractivity contribution < 1.29 is 18.0 Å². The SMILES string of the molecule is O=C(NCC1CCCCC1N1CC=CC1)c1ccc(C(F)(F)F)cc1. The van der Waals surface area contributed by atoms with E-state index in [2.05, 4.69) is 22.4 Å². The van der Waals surface area contributed by atoms with Crippen molar-refractivity contribution in [3.05, 3.63) is 47.5 Å². The van der Waals surface area contributed by atoms with Gasteiger partial charge in [-0.1, -0.05) is 25.0 Å². The average Bonchev–Trinajstić information content (AvgIpc) is 3.14. The summed E-state index contributed by atoms with van der Waals surface area (Å²) in [4.78, 5) is 14.7. The van der Waals surface area contributed by atoms with Gasteiger partial charge in [-0.15, -0.1) is 0 Å². The smallest absolute Gasteiger partial charge is 0.352 e. The van der Waals surface area contributed by atoms with Gasteiger partial charge in [0.25, 0.3) is 5.91 Å². The number of benzene rings is 1. The monoisotopic (exact) mass is 352 g/mol. The quantitative estimate of drug-likeness (QED) is 0.835. The molecule has 0 radical (unpaired) electrons. The number of halogens is 3. The predicted molar refractivity (Wildman–Crippen MR) is 90.2 cm³/mol. The number of carbonyl (C=O) groups excluding carboxylic acids is 1. The highest BCUT2D eigenvalue weighted by molar-refractivity contribution is 5.94. The molecule has 3 nitrogen and oxygen atoms in total. The van der Waals surface area contributed by atoms with Crippen molar-refractivity contribution in [2.45, 2.75) is 37.9 Å². The molecule has 25 heavy (non-hydrogen) atoms. The molecule has 0 spiro atoms. The Bertz CT molecular complexity index is 617. The Morgan fingerprint density at radius 2 is 1.72 bits per heavy atom. The first-order valence-electron chi connectivity index (χ1n) is 8.79. The number of hydrogen-bond acceptors (Lipinski definition) is 2. The molecule has 136 valence electrons. The van der Waals surface area contributed by atoms with Gasteiger partial charge < -0.3 is 5.32 Å². The molecule has 1 amide bonds. The van der Waals surface area contributed by atoms with Gasteiger partial charge in [0.2, 0.25) is 0 Å². The Labute approximate surface area is 145 Å². The van der Waals surface area contributed by atoms with E-state index in [1.165, 1.54) is 25.0 Å². The van der Waals surface area contributed by atoms with Gasteiger partial charge in [-0.3, -0.25) is 9.69 Å². The van der Waals surface area contributed by atoms with Crippen LogP contribution >= 0.6 is 0 Å². The molecular weight excluding hydrogens is 329 g/mol. The maximum Gasteiger partial charge on any atom is 0.416 e. The molecule has 0 saturated heterocycles. The third-order valence-electron chi connectivity index (χ3n) is 5.18. The van der Waals surface area contributed by atoms with E-state index in [4.69, 9.17) is 0 Å². The standard InChI is InChI=1S/C19H23F3N2O/c20-19(21,22)16-9-7-14(8-10-16)18(25)23-13-15-5-1-2-6-17(15)24-11-3-4-12-24/h3-4,7-10,15,17H,1-2,5-6,11-13H2,(H,23,25). The van der Waals surface area contributed by atoms with Crippen LogP contribution in [0, 0.1) is 5.92 Å². The van der Waals surface area contributed by atoms with E-state index in [0.717, 1.165) is 38.1 Å².